The molecule has 0 radical (unpaired) electrons. The van der Waals surface area contributed by atoms with Gasteiger partial charge in [0.05, 0.1) is 0 Å². The van der Waals surface area contributed by atoms with Crippen molar-refractivity contribution in [1.29, 1.82) is 0 Å². The molecule has 0 heterocycles. The van der Waals surface area contributed by atoms with Crippen LogP contribution in [0.1, 0.15) is 31.9 Å². The molecule has 0 unspecified atom stereocenters. The molecule has 0 fully saturated rings. The number of hydrogen-bond acceptors (Lipinski definition) is 1. The van der Waals surface area contributed by atoms with E-state index in [4.69, 9.17) is 5.11 Å². The quantitative estimate of drug-likeness (QED) is 0.656. The lowest BCUT2D eigenvalue weighted by molar-refractivity contribution is -0.130. The Morgan fingerprint density at radius 1 is 1.20 bits per heavy atom. The molecule has 15 heavy (non-hydrogen) atoms. The fraction of sp³-hybridized carbons (Fsp3) is 0.308. The summed E-state index contributed by atoms with van der Waals surface area (Å²) >= 11 is 0. The molecular weight excluding hydrogens is 188 g/mol. The third-order valence-electron chi connectivity index (χ3n) is 2.06. The van der Waals surface area contributed by atoms with E-state index >= 15 is 0 Å². The lowest BCUT2D eigenvalue weighted by atomic mass is 9.87. The Bertz CT molecular complexity index is 411. The number of aliphatic carboxylic acids is 1. The average Bonchev–Trinajstić information content (AvgIpc) is 2.14. The average molecular weight is 202 g/mol. The van der Waals surface area contributed by atoms with E-state index in [9.17, 15) is 4.79 Å². The van der Waals surface area contributed by atoms with Crippen molar-refractivity contribution in [3.8, 4) is 11.8 Å². The lowest BCUT2D eigenvalue weighted by Crippen LogP contribution is -2.10. The summed E-state index contributed by atoms with van der Waals surface area (Å²) in [5, 5.41) is 8.39. The number of carbonyl (C=O) groups is 1. The van der Waals surface area contributed by atoms with E-state index in [0.717, 1.165) is 5.56 Å². The molecule has 0 atom stereocenters. The third kappa shape index (κ3) is 3.47. The van der Waals surface area contributed by atoms with Gasteiger partial charge in [0.15, 0.2) is 0 Å². The zero-order valence-corrected chi connectivity index (χ0v) is 9.16. The summed E-state index contributed by atoms with van der Waals surface area (Å²) in [6.45, 7) is 6.39. The second kappa shape index (κ2) is 4.18. The minimum Gasteiger partial charge on any atom is -0.472 e. The van der Waals surface area contributed by atoms with Crippen molar-refractivity contribution in [2.24, 2.45) is 0 Å². The molecule has 0 spiro atoms. The van der Waals surface area contributed by atoms with Crippen LogP contribution < -0.4 is 0 Å². The van der Waals surface area contributed by atoms with Gasteiger partial charge in [0.1, 0.15) is 0 Å². The smallest absolute Gasteiger partial charge is 0.382 e. The molecule has 0 saturated heterocycles. The molecular formula is C13H14O2. The van der Waals surface area contributed by atoms with Gasteiger partial charge < -0.3 is 5.11 Å². The molecule has 2 nitrogen and oxygen atoms in total. The second-order valence-corrected chi connectivity index (χ2v) is 4.38. The van der Waals surface area contributed by atoms with E-state index in [1.165, 1.54) is 5.56 Å². The molecule has 1 rings (SSSR count). The number of carboxylic acids is 1. The Morgan fingerprint density at radius 3 is 2.13 bits per heavy atom. The van der Waals surface area contributed by atoms with Crippen LogP contribution in [0.4, 0.5) is 0 Å². The predicted molar refractivity (Wildman–Crippen MR) is 59.7 cm³/mol. The summed E-state index contributed by atoms with van der Waals surface area (Å²) in [5.74, 6) is 3.56. The molecule has 1 aromatic carbocycles. The molecule has 1 aromatic rings. The molecule has 0 saturated carbocycles. The molecule has 0 amide bonds. The topological polar surface area (TPSA) is 37.3 Å². The first-order valence-electron chi connectivity index (χ1n) is 4.75. The molecule has 1 N–H and O–H groups in total. The zero-order chi connectivity index (χ0) is 11.5. The third-order valence-corrected chi connectivity index (χ3v) is 2.06. The summed E-state index contributed by atoms with van der Waals surface area (Å²) in [6.07, 6.45) is 0. The van der Waals surface area contributed by atoms with Crippen LogP contribution in [0.15, 0.2) is 24.3 Å². The van der Waals surface area contributed by atoms with Crippen LogP contribution in [-0.4, -0.2) is 11.1 Å². The minimum absolute atomic E-state index is 0.110. The summed E-state index contributed by atoms with van der Waals surface area (Å²) in [5.41, 5.74) is 2.05. The van der Waals surface area contributed by atoms with Crippen LogP contribution >= 0.6 is 0 Å². The minimum atomic E-state index is -1.10. The van der Waals surface area contributed by atoms with E-state index in [-0.39, 0.29) is 5.41 Å². The standard InChI is InChI=1S/C13H14O2/c1-13(2,3)11-7-4-10(5-8-11)6-9-12(14)15/h4-5,7-8H,1-3H3,(H,14,15). The highest BCUT2D eigenvalue weighted by Crippen LogP contribution is 2.21. The normalized spacial score (nSPS) is 10.3. The Labute approximate surface area is 89.9 Å². The maximum absolute atomic E-state index is 10.2. The highest BCUT2D eigenvalue weighted by atomic mass is 16.4. The number of benzene rings is 1. The Kier molecular flexibility index (Phi) is 3.16. The molecule has 0 aliphatic rings. The van der Waals surface area contributed by atoms with Gasteiger partial charge >= 0.3 is 5.97 Å². The number of rotatable bonds is 0. The predicted octanol–water partition coefficient (Wildman–Crippen LogP) is 2.42. The van der Waals surface area contributed by atoms with E-state index < -0.39 is 5.97 Å². The van der Waals surface area contributed by atoms with Gasteiger partial charge in [-0.2, -0.15) is 0 Å². The van der Waals surface area contributed by atoms with Crippen LogP contribution in [-0.2, 0) is 10.2 Å². The van der Waals surface area contributed by atoms with Crippen molar-refractivity contribution in [2.45, 2.75) is 26.2 Å². The largest absolute Gasteiger partial charge is 0.472 e. The maximum atomic E-state index is 10.2. The van der Waals surface area contributed by atoms with Gasteiger partial charge in [-0.3, -0.25) is 0 Å². The van der Waals surface area contributed by atoms with Gasteiger partial charge in [0.2, 0.25) is 0 Å². The maximum Gasteiger partial charge on any atom is 0.382 e. The summed E-state index contributed by atoms with van der Waals surface area (Å²) in [6, 6.07) is 7.64. The van der Waals surface area contributed by atoms with E-state index in [1.54, 1.807) is 0 Å². The SMILES string of the molecule is CC(C)(C)c1ccc(C#CC(=O)O)cc1. The van der Waals surface area contributed by atoms with Crippen LogP contribution in [0.2, 0.25) is 0 Å². The first-order valence-corrected chi connectivity index (χ1v) is 4.75. The summed E-state index contributed by atoms with van der Waals surface area (Å²) < 4.78 is 0. The zero-order valence-electron chi connectivity index (χ0n) is 9.16. The second-order valence-electron chi connectivity index (χ2n) is 4.38. The molecule has 2 heteroatoms. The first-order chi connectivity index (χ1) is 6.89. The van der Waals surface area contributed by atoms with Crippen molar-refractivity contribution in [1.82, 2.24) is 0 Å². The van der Waals surface area contributed by atoms with Gasteiger partial charge in [0, 0.05) is 11.5 Å². The molecule has 0 aliphatic carbocycles. The van der Waals surface area contributed by atoms with Crippen molar-refractivity contribution in [3.63, 3.8) is 0 Å². The number of carboxylic acid groups (broad SMARTS) is 1. The van der Waals surface area contributed by atoms with Crippen LogP contribution in [0.25, 0.3) is 0 Å². The van der Waals surface area contributed by atoms with E-state index in [0.29, 0.717) is 0 Å². The van der Waals surface area contributed by atoms with Crippen LogP contribution in [0.3, 0.4) is 0 Å². The fourth-order valence-electron chi connectivity index (χ4n) is 1.18. The van der Waals surface area contributed by atoms with E-state index in [1.807, 2.05) is 24.3 Å². The van der Waals surface area contributed by atoms with Gasteiger partial charge in [-0.05, 0) is 23.1 Å². The van der Waals surface area contributed by atoms with Gasteiger partial charge in [-0.1, -0.05) is 38.8 Å². The monoisotopic (exact) mass is 202 g/mol. The summed E-state index contributed by atoms with van der Waals surface area (Å²) in [4.78, 5) is 10.2. The Hall–Kier alpha value is -1.75. The van der Waals surface area contributed by atoms with Crippen molar-refractivity contribution in [3.05, 3.63) is 35.4 Å². The molecule has 0 bridgehead atoms. The molecule has 78 valence electrons. The highest BCUT2D eigenvalue weighted by molar-refractivity contribution is 5.87. The molecule has 0 aliphatic heterocycles. The highest BCUT2D eigenvalue weighted by Gasteiger charge is 2.12. The van der Waals surface area contributed by atoms with Gasteiger partial charge in [-0.25, -0.2) is 4.79 Å². The molecule has 0 aromatic heterocycles. The Balaban J connectivity index is 2.93. The summed E-state index contributed by atoms with van der Waals surface area (Å²) in [7, 11) is 0. The van der Waals surface area contributed by atoms with E-state index in [2.05, 4.69) is 32.6 Å². The van der Waals surface area contributed by atoms with Crippen molar-refractivity contribution < 1.29 is 9.90 Å². The lowest BCUT2D eigenvalue weighted by Gasteiger charge is -2.18. The fourth-order valence-corrected chi connectivity index (χ4v) is 1.18. The van der Waals surface area contributed by atoms with Crippen molar-refractivity contribution >= 4 is 5.97 Å². The van der Waals surface area contributed by atoms with Crippen LogP contribution in [0.5, 0.6) is 0 Å². The van der Waals surface area contributed by atoms with Crippen molar-refractivity contribution in [2.75, 3.05) is 0 Å². The first kappa shape index (κ1) is 11.3. The van der Waals surface area contributed by atoms with Crippen LogP contribution in [0, 0.1) is 11.8 Å². The van der Waals surface area contributed by atoms with Gasteiger partial charge in [0.25, 0.3) is 0 Å². The van der Waals surface area contributed by atoms with Gasteiger partial charge in [-0.15, -0.1) is 0 Å². The Morgan fingerprint density at radius 2 is 1.73 bits per heavy atom. The number of hydrogen-bond donors (Lipinski definition) is 1.